The number of rotatable bonds is 3. The highest BCUT2D eigenvalue weighted by molar-refractivity contribution is 9.10. The van der Waals surface area contributed by atoms with Crippen LogP contribution in [0.15, 0.2) is 16.9 Å². The van der Waals surface area contributed by atoms with Gasteiger partial charge in [0.25, 0.3) is 0 Å². The predicted molar refractivity (Wildman–Crippen MR) is 70.8 cm³/mol. The molecule has 1 atom stereocenters. The summed E-state index contributed by atoms with van der Waals surface area (Å²) in [6.45, 7) is 5.41. The molecule has 2 heterocycles. The fourth-order valence-corrected chi connectivity index (χ4v) is 2.23. The van der Waals surface area contributed by atoms with Crippen LogP contribution in [0, 0.1) is 12.8 Å². The summed E-state index contributed by atoms with van der Waals surface area (Å²) >= 11 is 3.41. The van der Waals surface area contributed by atoms with Gasteiger partial charge in [-0.1, -0.05) is 0 Å². The minimum atomic E-state index is 0.748. The molecule has 1 aliphatic heterocycles. The van der Waals surface area contributed by atoms with Crippen LogP contribution in [0.3, 0.4) is 0 Å². The zero-order chi connectivity index (χ0) is 11.4. The number of nitrogens with zero attached hydrogens (tertiary/aromatic N) is 1. The van der Waals surface area contributed by atoms with E-state index in [1.807, 2.05) is 6.20 Å². The summed E-state index contributed by atoms with van der Waals surface area (Å²) in [6.07, 6.45) is 4.50. The molecular weight excluding hydrogens is 266 g/mol. The average molecular weight is 284 g/mol. The van der Waals surface area contributed by atoms with Gasteiger partial charge in [0.05, 0.1) is 11.9 Å². The van der Waals surface area contributed by atoms with E-state index in [1.165, 1.54) is 24.9 Å². The summed E-state index contributed by atoms with van der Waals surface area (Å²) in [6, 6.07) is 2.13. The third-order valence-corrected chi connectivity index (χ3v) is 3.84. The van der Waals surface area contributed by atoms with Gasteiger partial charge in [0.1, 0.15) is 4.60 Å². The van der Waals surface area contributed by atoms with E-state index in [-0.39, 0.29) is 0 Å². The van der Waals surface area contributed by atoms with Crippen molar-refractivity contribution in [2.24, 2.45) is 5.92 Å². The molecule has 1 saturated heterocycles. The van der Waals surface area contributed by atoms with Crippen molar-refractivity contribution in [2.45, 2.75) is 19.8 Å². The van der Waals surface area contributed by atoms with Gasteiger partial charge in [0.2, 0.25) is 0 Å². The van der Waals surface area contributed by atoms with E-state index >= 15 is 0 Å². The summed E-state index contributed by atoms with van der Waals surface area (Å²) in [5, 5.41) is 6.89. The van der Waals surface area contributed by atoms with E-state index in [2.05, 4.69) is 44.5 Å². The molecule has 0 aromatic carbocycles. The van der Waals surface area contributed by atoms with Crippen LogP contribution in [-0.4, -0.2) is 24.6 Å². The Morgan fingerprint density at radius 1 is 1.62 bits per heavy atom. The van der Waals surface area contributed by atoms with E-state index in [1.54, 1.807) is 0 Å². The second-order valence-electron chi connectivity index (χ2n) is 4.42. The molecule has 88 valence electrons. The molecule has 1 aromatic heterocycles. The first-order chi connectivity index (χ1) is 7.75. The molecule has 1 fully saturated rings. The van der Waals surface area contributed by atoms with Gasteiger partial charge in [-0.25, -0.2) is 4.98 Å². The minimum Gasteiger partial charge on any atom is -0.383 e. The van der Waals surface area contributed by atoms with Crippen LogP contribution >= 0.6 is 15.9 Å². The van der Waals surface area contributed by atoms with Crippen LogP contribution in [0.1, 0.15) is 18.4 Å². The maximum Gasteiger partial charge on any atom is 0.109 e. The lowest BCUT2D eigenvalue weighted by Crippen LogP contribution is -2.33. The van der Waals surface area contributed by atoms with Crippen molar-refractivity contribution in [3.8, 4) is 0 Å². The summed E-state index contributed by atoms with van der Waals surface area (Å²) in [5.74, 6) is 0.748. The van der Waals surface area contributed by atoms with Crippen molar-refractivity contribution in [1.29, 1.82) is 0 Å². The van der Waals surface area contributed by atoms with E-state index < -0.39 is 0 Å². The van der Waals surface area contributed by atoms with Gasteiger partial charge in [-0.05, 0) is 66.3 Å². The van der Waals surface area contributed by atoms with Crippen LogP contribution < -0.4 is 10.6 Å². The van der Waals surface area contributed by atoms with Gasteiger partial charge >= 0.3 is 0 Å². The second kappa shape index (κ2) is 5.64. The Morgan fingerprint density at radius 2 is 2.50 bits per heavy atom. The zero-order valence-corrected chi connectivity index (χ0v) is 11.2. The van der Waals surface area contributed by atoms with Gasteiger partial charge in [-0.3, -0.25) is 0 Å². The van der Waals surface area contributed by atoms with Crippen LogP contribution in [-0.2, 0) is 0 Å². The van der Waals surface area contributed by atoms with Gasteiger partial charge in [-0.15, -0.1) is 0 Å². The molecule has 3 nitrogen and oxygen atoms in total. The highest BCUT2D eigenvalue weighted by Crippen LogP contribution is 2.18. The van der Waals surface area contributed by atoms with Crippen molar-refractivity contribution in [1.82, 2.24) is 10.3 Å². The van der Waals surface area contributed by atoms with Crippen molar-refractivity contribution >= 4 is 21.6 Å². The Morgan fingerprint density at radius 3 is 3.19 bits per heavy atom. The topological polar surface area (TPSA) is 37.0 Å². The number of pyridine rings is 1. The highest BCUT2D eigenvalue weighted by Gasteiger charge is 2.12. The van der Waals surface area contributed by atoms with Crippen LogP contribution in [0.4, 0.5) is 5.69 Å². The molecule has 0 radical (unpaired) electrons. The van der Waals surface area contributed by atoms with Crippen molar-refractivity contribution in [3.63, 3.8) is 0 Å². The SMILES string of the molecule is Cc1cc(NCC2CCCNC2)cnc1Br. The van der Waals surface area contributed by atoms with Crippen molar-refractivity contribution < 1.29 is 0 Å². The Hall–Kier alpha value is -0.610. The summed E-state index contributed by atoms with van der Waals surface area (Å²) in [7, 11) is 0. The number of hydrogen-bond donors (Lipinski definition) is 2. The van der Waals surface area contributed by atoms with Gasteiger partial charge in [0.15, 0.2) is 0 Å². The Bertz CT molecular complexity index is 348. The number of anilines is 1. The maximum atomic E-state index is 4.28. The van der Waals surface area contributed by atoms with Crippen molar-refractivity contribution in [2.75, 3.05) is 25.0 Å². The van der Waals surface area contributed by atoms with Gasteiger partial charge in [0, 0.05) is 6.54 Å². The summed E-state index contributed by atoms with van der Waals surface area (Å²) in [5.41, 5.74) is 2.29. The smallest absolute Gasteiger partial charge is 0.109 e. The standard InChI is InChI=1S/C12H18BrN3/c1-9-5-11(8-16-12(9)13)15-7-10-3-2-4-14-6-10/h5,8,10,14-15H,2-4,6-7H2,1H3. The molecule has 1 aliphatic rings. The Kier molecular flexibility index (Phi) is 4.18. The average Bonchev–Trinajstić information content (AvgIpc) is 2.32. The highest BCUT2D eigenvalue weighted by atomic mass is 79.9. The van der Waals surface area contributed by atoms with Gasteiger partial charge in [-0.2, -0.15) is 0 Å². The lowest BCUT2D eigenvalue weighted by atomic mass is 10.00. The molecule has 0 bridgehead atoms. The molecule has 1 aromatic rings. The molecule has 0 saturated carbocycles. The fraction of sp³-hybridized carbons (Fsp3) is 0.583. The summed E-state index contributed by atoms with van der Waals surface area (Å²) < 4.78 is 0.928. The Labute approximate surface area is 105 Å². The quantitative estimate of drug-likeness (QED) is 0.838. The minimum absolute atomic E-state index is 0.748. The number of hydrogen-bond acceptors (Lipinski definition) is 3. The number of piperidine rings is 1. The molecule has 0 aliphatic carbocycles. The van der Waals surface area contributed by atoms with Crippen LogP contribution in [0.2, 0.25) is 0 Å². The molecule has 16 heavy (non-hydrogen) atoms. The second-order valence-corrected chi connectivity index (χ2v) is 5.18. The first-order valence-electron chi connectivity index (χ1n) is 5.82. The molecule has 0 amide bonds. The monoisotopic (exact) mass is 283 g/mol. The fourth-order valence-electron chi connectivity index (χ4n) is 2.02. The molecule has 1 unspecified atom stereocenters. The van der Waals surface area contributed by atoms with Gasteiger partial charge < -0.3 is 10.6 Å². The Balaban J connectivity index is 1.86. The number of aryl methyl sites for hydroxylation is 1. The van der Waals surface area contributed by atoms with Crippen LogP contribution in [0.25, 0.3) is 0 Å². The van der Waals surface area contributed by atoms with E-state index in [0.717, 1.165) is 29.3 Å². The zero-order valence-electron chi connectivity index (χ0n) is 9.59. The molecule has 0 spiro atoms. The molecule has 2 rings (SSSR count). The van der Waals surface area contributed by atoms with E-state index in [9.17, 15) is 0 Å². The summed E-state index contributed by atoms with van der Waals surface area (Å²) in [4.78, 5) is 4.28. The first kappa shape index (κ1) is 11.9. The number of nitrogens with one attached hydrogen (secondary N) is 2. The van der Waals surface area contributed by atoms with Crippen molar-refractivity contribution in [3.05, 3.63) is 22.4 Å². The van der Waals surface area contributed by atoms with Crippen LogP contribution in [0.5, 0.6) is 0 Å². The lowest BCUT2D eigenvalue weighted by Gasteiger charge is -2.23. The molecule has 4 heteroatoms. The van der Waals surface area contributed by atoms with E-state index in [0.29, 0.717) is 0 Å². The first-order valence-corrected chi connectivity index (χ1v) is 6.62. The molecular formula is C12H18BrN3. The lowest BCUT2D eigenvalue weighted by molar-refractivity contribution is 0.393. The normalized spacial score (nSPS) is 20.8. The third kappa shape index (κ3) is 3.19. The maximum absolute atomic E-state index is 4.28. The number of aromatic nitrogens is 1. The number of halogens is 1. The van der Waals surface area contributed by atoms with E-state index in [4.69, 9.17) is 0 Å². The molecule has 2 N–H and O–H groups in total. The largest absolute Gasteiger partial charge is 0.383 e. The predicted octanol–water partition coefficient (Wildman–Crippen LogP) is 2.56. The third-order valence-electron chi connectivity index (χ3n) is 3.01.